The number of aryl methyl sites for hydroxylation is 1. The topological polar surface area (TPSA) is 39.6 Å². The van der Waals surface area contributed by atoms with E-state index >= 15 is 0 Å². The molecule has 1 N–H and O–H groups in total. The molecule has 1 aromatic heterocycles. The van der Waals surface area contributed by atoms with Gasteiger partial charge in [-0.05, 0) is 24.5 Å². The van der Waals surface area contributed by atoms with Gasteiger partial charge in [-0.2, -0.15) is 0 Å². The molecule has 1 atom stereocenters. The van der Waals surface area contributed by atoms with Crippen molar-refractivity contribution in [2.24, 2.45) is 0 Å². The zero-order valence-electron chi connectivity index (χ0n) is 13.7. The minimum atomic E-state index is 0.250. The highest BCUT2D eigenvalue weighted by molar-refractivity contribution is 7.09. The molecular weight excluding hydrogens is 306 g/mol. The van der Waals surface area contributed by atoms with Crippen molar-refractivity contribution in [1.29, 1.82) is 0 Å². The van der Waals surface area contributed by atoms with Gasteiger partial charge < -0.3 is 5.11 Å². The lowest BCUT2D eigenvalue weighted by atomic mass is 10.0. The van der Waals surface area contributed by atoms with Gasteiger partial charge in [0.2, 0.25) is 0 Å². The fourth-order valence-electron chi connectivity index (χ4n) is 3.26. The van der Waals surface area contributed by atoms with Gasteiger partial charge in [-0.1, -0.05) is 24.3 Å². The molecule has 0 spiro atoms. The van der Waals surface area contributed by atoms with Crippen molar-refractivity contribution in [2.45, 2.75) is 32.5 Å². The van der Waals surface area contributed by atoms with Crippen LogP contribution in [0.1, 0.15) is 22.6 Å². The van der Waals surface area contributed by atoms with Crippen LogP contribution in [0.2, 0.25) is 0 Å². The summed E-state index contributed by atoms with van der Waals surface area (Å²) in [6.45, 7) is 7.44. The summed E-state index contributed by atoms with van der Waals surface area (Å²) in [5, 5.41) is 12.7. The van der Waals surface area contributed by atoms with Gasteiger partial charge >= 0.3 is 0 Å². The Bertz CT molecular complexity index is 602. The molecule has 0 amide bonds. The van der Waals surface area contributed by atoms with Crippen LogP contribution in [-0.2, 0) is 13.1 Å². The summed E-state index contributed by atoms with van der Waals surface area (Å²) < 4.78 is 0. The molecule has 0 unspecified atom stereocenters. The number of nitrogens with zero attached hydrogens (tertiary/aromatic N) is 3. The molecule has 1 aliphatic heterocycles. The SMILES string of the molecule is Cc1ccccc1CN1CCN(Cc2nccs2)C[C@H]1CCO. The summed E-state index contributed by atoms with van der Waals surface area (Å²) in [5.41, 5.74) is 2.74. The van der Waals surface area contributed by atoms with Crippen LogP contribution in [0.4, 0.5) is 0 Å². The highest BCUT2D eigenvalue weighted by Gasteiger charge is 2.27. The van der Waals surface area contributed by atoms with Crippen LogP contribution in [0.5, 0.6) is 0 Å². The minimum Gasteiger partial charge on any atom is -0.396 e. The Morgan fingerprint density at radius 1 is 1.26 bits per heavy atom. The number of thiazole rings is 1. The van der Waals surface area contributed by atoms with Crippen LogP contribution in [0, 0.1) is 6.92 Å². The van der Waals surface area contributed by atoms with Crippen LogP contribution in [0.3, 0.4) is 0 Å². The highest BCUT2D eigenvalue weighted by atomic mass is 32.1. The van der Waals surface area contributed by atoms with E-state index in [9.17, 15) is 5.11 Å². The maximum atomic E-state index is 9.44. The summed E-state index contributed by atoms with van der Waals surface area (Å²) >= 11 is 1.72. The first-order chi connectivity index (χ1) is 11.3. The molecule has 0 aliphatic carbocycles. The number of aliphatic hydroxyl groups excluding tert-OH is 1. The van der Waals surface area contributed by atoms with E-state index in [1.165, 1.54) is 16.1 Å². The van der Waals surface area contributed by atoms with E-state index in [4.69, 9.17) is 0 Å². The number of aromatic nitrogens is 1. The molecule has 4 nitrogen and oxygen atoms in total. The summed E-state index contributed by atoms with van der Waals surface area (Å²) in [4.78, 5) is 9.38. The van der Waals surface area contributed by atoms with Gasteiger partial charge in [0.25, 0.3) is 0 Å². The van der Waals surface area contributed by atoms with Crippen LogP contribution in [0.25, 0.3) is 0 Å². The lowest BCUT2D eigenvalue weighted by molar-refractivity contribution is 0.0498. The Balaban J connectivity index is 1.64. The standard InChI is InChI=1S/C18H25N3OS/c1-15-4-2-3-5-16(15)12-21-9-8-20(13-17(21)6-10-22)14-18-19-7-11-23-18/h2-5,7,11,17,22H,6,8-10,12-14H2,1H3/t17-/m1/s1. The fraction of sp³-hybridized carbons (Fsp3) is 0.500. The third-order valence-electron chi connectivity index (χ3n) is 4.63. The van der Waals surface area contributed by atoms with E-state index in [-0.39, 0.29) is 6.61 Å². The molecule has 0 saturated carbocycles. The van der Waals surface area contributed by atoms with Crippen molar-refractivity contribution in [3.63, 3.8) is 0 Å². The lowest BCUT2D eigenvalue weighted by Crippen LogP contribution is -2.52. The smallest absolute Gasteiger partial charge is 0.107 e. The van der Waals surface area contributed by atoms with Crippen molar-refractivity contribution in [2.75, 3.05) is 26.2 Å². The number of aliphatic hydroxyl groups is 1. The van der Waals surface area contributed by atoms with E-state index in [1.54, 1.807) is 11.3 Å². The van der Waals surface area contributed by atoms with Crippen molar-refractivity contribution >= 4 is 11.3 Å². The number of hydrogen-bond donors (Lipinski definition) is 1. The van der Waals surface area contributed by atoms with E-state index in [2.05, 4.69) is 46.0 Å². The number of hydrogen-bond acceptors (Lipinski definition) is 5. The largest absolute Gasteiger partial charge is 0.396 e. The predicted molar refractivity (Wildman–Crippen MR) is 94.5 cm³/mol. The molecule has 0 radical (unpaired) electrons. The zero-order chi connectivity index (χ0) is 16.1. The Morgan fingerprint density at radius 2 is 2.13 bits per heavy atom. The molecule has 0 bridgehead atoms. The van der Waals surface area contributed by atoms with Crippen molar-refractivity contribution < 1.29 is 5.11 Å². The average molecular weight is 331 g/mol. The number of rotatable bonds is 6. The van der Waals surface area contributed by atoms with Crippen LogP contribution >= 0.6 is 11.3 Å². The normalized spacial score (nSPS) is 20.0. The van der Waals surface area contributed by atoms with Crippen LogP contribution in [-0.4, -0.2) is 52.2 Å². The Morgan fingerprint density at radius 3 is 2.87 bits per heavy atom. The van der Waals surface area contributed by atoms with Crippen molar-refractivity contribution in [3.05, 3.63) is 52.0 Å². The van der Waals surface area contributed by atoms with Gasteiger partial charge in [0.1, 0.15) is 5.01 Å². The molecule has 124 valence electrons. The summed E-state index contributed by atoms with van der Waals surface area (Å²) in [5.74, 6) is 0. The number of piperazine rings is 1. The summed E-state index contributed by atoms with van der Waals surface area (Å²) in [7, 11) is 0. The highest BCUT2D eigenvalue weighted by Crippen LogP contribution is 2.20. The van der Waals surface area contributed by atoms with Gasteiger partial charge in [0.05, 0.1) is 6.54 Å². The Labute approximate surface area is 142 Å². The average Bonchev–Trinajstić information content (AvgIpc) is 3.05. The fourth-order valence-corrected chi connectivity index (χ4v) is 3.92. The van der Waals surface area contributed by atoms with E-state index in [0.29, 0.717) is 6.04 Å². The molecule has 5 heteroatoms. The first-order valence-corrected chi connectivity index (χ1v) is 9.14. The van der Waals surface area contributed by atoms with E-state index < -0.39 is 0 Å². The molecule has 23 heavy (non-hydrogen) atoms. The molecule has 1 aromatic carbocycles. The van der Waals surface area contributed by atoms with Gasteiger partial charge in [-0.15, -0.1) is 11.3 Å². The Kier molecular flexibility index (Phi) is 5.78. The zero-order valence-corrected chi connectivity index (χ0v) is 14.5. The molecular formula is C18H25N3OS. The van der Waals surface area contributed by atoms with E-state index in [0.717, 1.165) is 39.1 Å². The monoisotopic (exact) mass is 331 g/mol. The molecule has 3 rings (SSSR count). The second kappa shape index (κ2) is 8.02. The first kappa shape index (κ1) is 16.6. The first-order valence-electron chi connectivity index (χ1n) is 8.26. The van der Waals surface area contributed by atoms with Crippen molar-refractivity contribution in [1.82, 2.24) is 14.8 Å². The third-order valence-corrected chi connectivity index (χ3v) is 5.39. The van der Waals surface area contributed by atoms with Crippen LogP contribution < -0.4 is 0 Å². The second-order valence-corrected chi connectivity index (χ2v) is 7.20. The quantitative estimate of drug-likeness (QED) is 0.883. The van der Waals surface area contributed by atoms with Gasteiger partial charge in [-0.25, -0.2) is 4.98 Å². The van der Waals surface area contributed by atoms with E-state index in [1.807, 2.05) is 11.6 Å². The van der Waals surface area contributed by atoms with Gasteiger partial charge in [-0.3, -0.25) is 9.80 Å². The lowest BCUT2D eigenvalue weighted by Gasteiger charge is -2.41. The maximum absolute atomic E-state index is 9.44. The maximum Gasteiger partial charge on any atom is 0.107 e. The molecule has 1 fully saturated rings. The van der Waals surface area contributed by atoms with Crippen molar-refractivity contribution in [3.8, 4) is 0 Å². The Hall–Kier alpha value is -1.27. The molecule has 2 heterocycles. The molecule has 2 aromatic rings. The predicted octanol–water partition coefficient (Wildman–Crippen LogP) is 2.52. The third kappa shape index (κ3) is 4.38. The van der Waals surface area contributed by atoms with Gasteiger partial charge in [0, 0.05) is 50.4 Å². The summed E-state index contributed by atoms with van der Waals surface area (Å²) in [6.07, 6.45) is 2.71. The number of benzene rings is 1. The minimum absolute atomic E-state index is 0.250. The second-order valence-electron chi connectivity index (χ2n) is 6.22. The van der Waals surface area contributed by atoms with Gasteiger partial charge in [0.15, 0.2) is 0 Å². The molecule has 1 aliphatic rings. The summed E-state index contributed by atoms with van der Waals surface area (Å²) in [6, 6.07) is 9.01. The molecule has 1 saturated heterocycles. The van der Waals surface area contributed by atoms with Crippen LogP contribution in [0.15, 0.2) is 35.8 Å².